The number of nitrogens with one attached hydrogen (secondary N) is 1. The summed E-state index contributed by atoms with van der Waals surface area (Å²) in [6.07, 6.45) is 3.17. The topological polar surface area (TPSA) is 64.1 Å². The first kappa shape index (κ1) is 12.6. The highest BCUT2D eigenvalue weighted by molar-refractivity contribution is 5.81. The van der Waals surface area contributed by atoms with Crippen LogP contribution in [0.15, 0.2) is 39.3 Å². The van der Waals surface area contributed by atoms with E-state index in [-0.39, 0.29) is 0 Å². The van der Waals surface area contributed by atoms with E-state index >= 15 is 0 Å². The number of nitrogens with zero attached hydrogens (tertiary/aromatic N) is 2. The third-order valence-corrected chi connectivity index (χ3v) is 4.04. The van der Waals surface area contributed by atoms with E-state index in [1.165, 1.54) is 6.42 Å². The summed E-state index contributed by atoms with van der Waals surface area (Å²) in [5, 5.41) is 8.46. The van der Waals surface area contributed by atoms with Crippen molar-refractivity contribution in [1.82, 2.24) is 15.5 Å². The minimum atomic E-state index is 0.533. The summed E-state index contributed by atoms with van der Waals surface area (Å²) in [5.74, 6) is 2.61. The van der Waals surface area contributed by atoms with E-state index in [4.69, 9.17) is 8.94 Å². The maximum absolute atomic E-state index is 5.75. The highest BCUT2D eigenvalue weighted by atomic mass is 16.5. The Bertz CT molecular complexity index is 708. The van der Waals surface area contributed by atoms with Gasteiger partial charge in [-0.05, 0) is 44.0 Å². The Hall–Kier alpha value is -2.14. The average Bonchev–Trinajstić information content (AvgIpc) is 3.24. The molecule has 3 heterocycles. The average molecular weight is 283 g/mol. The maximum Gasteiger partial charge on any atom is 0.238 e. The van der Waals surface area contributed by atoms with Crippen molar-refractivity contribution in [3.05, 3.63) is 36.2 Å². The monoisotopic (exact) mass is 283 g/mol. The molecule has 0 radical (unpaired) electrons. The second kappa shape index (κ2) is 5.33. The summed E-state index contributed by atoms with van der Waals surface area (Å²) in [6.45, 7) is 2.23. The zero-order valence-corrected chi connectivity index (χ0v) is 11.7. The number of rotatable bonds is 4. The molecule has 5 heteroatoms. The van der Waals surface area contributed by atoms with Gasteiger partial charge in [0.1, 0.15) is 5.58 Å². The molecule has 108 valence electrons. The summed E-state index contributed by atoms with van der Waals surface area (Å²) in [4.78, 5) is 4.44. The molecule has 21 heavy (non-hydrogen) atoms. The van der Waals surface area contributed by atoms with Crippen LogP contribution < -0.4 is 5.32 Å². The molecule has 1 atom stereocenters. The van der Waals surface area contributed by atoms with Crippen molar-refractivity contribution in [3.8, 4) is 11.6 Å². The first-order valence-corrected chi connectivity index (χ1v) is 7.41. The van der Waals surface area contributed by atoms with Gasteiger partial charge in [0.25, 0.3) is 0 Å². The summed E-state index contributed by atoms with van der Waals surface area (Å²) in [7, 11) is 0. The highest BCUT2D eigenvalue weighted by Crippen LogP contribution is 2.26. The van der Waals surface area contributed by atoms with Crippen molar-refractivity contribution < 1.29 is 8.94 Å². The molecule has 2 aromatic heterocycles. The lowest BCUT2D eigenvalue weighted by atomic mass is 10.0. The fourth-order valence-electron chi connectivity index (χ4n) is 2.84. The predicted octanol–water partition coefficient (Wildman–Crippen LogP) is 3.02. The van der Waals surface area contributed by atoms with Crippen LogP contribution >= 0.6 is 0 Å². The van der Waals surface area contributed by atoms with Gasteiger partial charge in [0.15, 0.2) is 5.76 Å². The van der Waals surface area contributed by atoms with Crippen LogP contribution in [-0.2, 0) is 6.42 Å². The molecular weight excluding hydrogens is 266 g/mol. The number of hydrogen-bond donors (Lipinski definition) is 1. The maximum atomic E-state index is 5.75. The van der Waals surface area contributed by atoms with Gasteiger partial charge in [-0.25, -0.2) is 0 Å². The van der Waals surface area contributed by atoms with Crippen molar-refractivity contribution in [1.29, 1.82) is 0 Å². The van der Waals surface area contributed by atoms with E-state index in [1.807, 2.05) is 30.3 Å². The smallest absolute Gasteiger partial charge is 0.238 e. The number of hydrogen-bond acceptors (Lipinski definition) is 5. The van der Waals surface area contributed by atoms with Gasteiger partial charge in [0.05, 0.1) is 0 Å². The molecule has 0 amide bonds. The van der Waals surface area contributed by atoms with Gasteiger partial charge < -0.3 is 14.3 Å². The summed E-state index contributed by atoms with van der Waals surface area (Å²) in [6, 6.07) is 9.83. The zero-order chi connectivity index (χ0) is 14.1. The Kier molecular flexibility index (Phi) is 3.20. The Labute approximate surface area is 122 Å². The van der Waals surface area contributed by atoms with Gasteiger partial charge >= 0.3 is 0 Å². The van der Waals surface area contributed by atoms with Gasteiger partial charge in [-0.2, -0.15) is 4.98 Å². The van der Waals surface area contributed by atoms with Crippen LogP contribution in [0.4, 0.5) is 0 Å². The second-order valence-electron chi connectivity index (χ2n) is 5.56. The summed E-state index contributed by atoms with van der Waals surface area (Å²) >= 11 is 0. The fourth-order valence-corrected chi connectivity index (χ4v) is 2.84. The Morgan fingerprint density at radius 2 is 2.24 bits per heavy atom. The minimum absolute atomic E-state index is 0.533. The van der Waals surface area contributed by atoms with Crippen LogP contribution in [0.3, 0.4) is 0 Å². The summed E-state index contributed by atoms with van der Waals surface area (Å²) in [5.41, 5.74) is 0.843. The third-order valence-electron chi connectivity index (χ3n) is 4.04. The molecule has 5 nitrogen and oxygen atoms in total. The van der Waals surface area contributed by atoms with E-state index in [9.17, 15) is 0 Å². The van der Waals surface area contributed by atoms with Crippen LogP contribution in [0.25, 0.3) is 22.6 Å². The molecule has 1 aliphatic rings. The van der Waals surface area contributed by atoms with E-state index in [1.54, 1.807) is 0 Å². The van der Waals surface area contributed by atoms with Gasteiger partial charge in [-0.1, -0.05) is 23.4 Å². The number of aryl methyl sites for hydroxylation is 1. The normalized spacial score (nSPS) is 18.6. The molecule has 1 aliphatic heterocycles. The van der Waals surface area contributed by atoms with E-state index in [0.717, 1.165) is 42.8 Å². The number of aromatic nitrogens is 2. The van der Waals surface area contributed by atoms with Crippen LogP contribution in [0.1, 0.15) is 18.7 Å². The third kappa shape index (κ3) is 2.56. The predicted molar refractivity (Wildman–Crippen MR) is 78.8 cm³/mol. The Morgan fingerprint density at radius 1 is 1.29 bits per heavy atom. The lowest BCUT2D eigenvalue weighted by molar-refractivity contribution is 0.364. The number of furan rings is 1. The molecule has 1 saturated heterocycles. The van der Waals surface area contributed by atoms with Gasteiger partial charge in [0, 0.05) is 11.8 Å². The van der Waals surface area contributed by atoms with Crippen LogP contribution in [0, 0.1) is 5.92 Å². The SMILES string of the molecule is c1ccc2oc(-c3noc(CCC4CCNC4)n3)cc2c1. The molecule has 0 saturated carbocycles. The first-order chi connectivity index (χ1) is 10.4. The lowest BCUT2D eigenvalue weighted by Gasteiger charge is -2.03. The van der Waals surface area contributed by atoms with Crippen molar-refractivity contribution in [2.45, 2.75) is 19.3 Å². The first-order valence-electron chi connectivity index (χ1n) is 7.41. The van der Waals surface area contributed by atoms with Crippen molar-refractivity contribution in [2.24, 2.45) is 5.92 Å². The van der Waals surface area contributed by atoms with E-state index < -0.39 is 0 Å². The van der Waals surface area contributed by atoms with Crippen molar-refractivity contribution >= 4 is 11.0 Å². The summed E-state index contributed by atoms with van der Waals surface area (Å²) < 4.78 is 11.1. The molecule has 3 aromatic rings. The number of para-hydroxylation sites is 1. The lowest BCUT2D eigenvalue weighted by Crippen LogP contribution is -2.09. The molecular formula is C16H17N3O2. The molecule has 0 aliphatic carbocycles. The standard InChI is InChI=1S/C16H17N3O2/c1-2-4-13-12(3-1)9-14(20-13)16-18-15(21-19-16)6-5-11-7-8-17-10-11/h1-4,9,11,17H,5-8,10H2. The van der Waals surface area contributed by atoms with Gasteiger partial charge in [-0.3, -0.25) is 0 Å². The van der Waals surface area contributed by atoms with Crippen LogP contribution in [-0.4, -0.2) is 23.2 Å². The number of benzene rings is 1. The molecule has 1 fully saturated rings. The molecule has 4 rings (SSSR count). The molecule has 0 bridgehead atoms. The Morgan fingerprint density at radius 3 is 3.10 bits per heavy atom. The highest BCUT2D eigenvalue weighted by Gasteiger charge is 2.17. The minimum Gasteiger partial charge on any atom is -0.453 e. The molecule has 1 aromatic carbocycles. The fraction of sp³-hybridized carbons (Fsp3) is 0.375. The number of fused-ring (bicyclic) bond motifs is 1. The Balaban J connectivity index is 1.50. The molecule has 1 unspecified atom stereocenters. The largest absolute Gasteiger partial charge is 0.453 e. The molecule has 0 spiro atoms. The van der Waals surface area contributed by atoms with Crippen LogP contribution in [0.5, 0.6) is 0 Å². The van der Waals surface area contributed by atoms with Crippen molar-refractivity contribution in [2.75, 3.05) is 13.1 Å². The van der Waals surface area contributed by atoms with Crippen molar-refractivity contribution in [3.63, 3.8) is 0 Å². The quantitative estimate of drug-likeness (QED) is 0.797. The zero-order valence-electron chi connectivity index (χ0n) is 11.7. The molecule has 1 N–H and O–H groups in total. The second-order valence-corrected chi connectivity index (χ2v) is 5.56. The van der Waals surface area contributed by atoms with E-state index in [2.05, 4.69) is 15.5 Å². The van der Waals surface area contributed by atoms with E-state index in [0.29, 0.717) is 17.5 Å². The van der Waals surface area contributed by atoms with Gasteiger partial charge in [-0.15, -0.1) is 0 Å². The van der Waals surface area contributed by atoms with Crippen LogP contribution in [0.2, 0.25) is 0 Å². The van der Waals surface area contributed by atoms with Gasteiger partial charge in [0.2, 0.25) is 11.7 Å².